The van der Waals surface area contributed by atoms with Crippen molar-refractivity contribution in [2.75, 3.05) is 13.1 Å². The predicted molar refractivity (Wildman–Crippen MR) is 92.9 cm³/mol. The highest BCUT2D eigenvalue weighted by molar-refractivity contribution is 5.77. The lowest BCUT2D eigenvalue weighted by Gasteiger charge is -2.20. The van der Waals surface area contributed by atoms with E-state index >= 15 is 0 Å². The summed E-state index contributed by atoms with van der Waals surface area (Å²) in [5.74, 6) is -1.80. The van der Waals surface area contributed by atoms with Gasteiger partial charge in [-0.3, -0.25) is 0 Å². The summed E-state index contributed by atoms with van der Waals surface area (Å²) >= 11 is 0. The van der Waals surface area contributed by atoms with E-state index in [2.05, 4.69) is 15.3 Å². The van der Waals surface area contributed by atoms with Gasteiger partial charge < -0.3 is 14.1 Å². The molecular formula is C19H15F3N4O. The molecule has 1 saturated heterocycles. The second-order valence-corrected chi connectivity index (χ2v) is 6.75. The summed E-state index contributed by atoms with van der Waals surface area (Å²) in [4.78, 5) is 8.49. The third-order valence-corrected chi connectivity index (χ3v) is 4.94. The van der Waals surface area contributed by atoms with Crippen LogP contribution in [0.2, 0.25) is 0 Å². The first-order valence-electron chi connectivity index (χ1n) is 8.73. The predicted octanol–water partition coefficient (Wildman–Crippen LogP) is 4.03. The molecule has 0 unspecified atom stereocenters. The zero-order valence-electron chi connectivity index (χ0n) is 14.2. The van der Waals surface area contributed by atoms with E-state index in [1.54, 1.807) is 16.8 Å². The Morgan fingerprint density at radius 2 is 1.81 bits per heavy atom. The fraction of sp³-hybridized carbons (Fsp3) is 0.263. The van der Waals surface area contributed by atoms with Gasteiger partial charge in [-0.1, -0.05) is 0 Å². The van der Waals surface area contributed by atoms with Crippen LogP contribution < -0.4 is 5.32 Å². The van der Waals surface area contributed by atoms with Gasteiger partial charge in [-0.2, -0.15) is 0 Å². The molecule has 0 aliphatic carbocycles. The molecule has 0 atom stereocenters. The average molecular weight is 372 g/mol. The van der Waals surface area contributed by atoms with Crippen molar-refractivity contribution in [1.29, 1.82) is 0 Å². The molecular weight excluding hydrogens is 357 g/mol. The molecule has 1 aliphatic rings. The van der Waals surface area contributed by atoms with Gasteiger partial charge in [-0.05, 0) is 32.0 Å². The maximum atomic E-state index is 14.6. The smallest absolute Gasteiger partial charge is 0.229 e. The number of imidazole rings is 1. The van der Waals surface area contributed by atoms with Crippen LogP contribution in [0.1, 0.15) is 24.5 Å². The third-order valence-electron chi connectivity index (χ3n) is 4.94. The van der Waals surface area contributed by atoms with Crippen molar-refractivity contribution < 1.29 is 17.6 Å². The van der Waals surface area contributed by atoms with E-state index in [0.717, 1.165) is 43.8 Å². The number of oxazole rings is 1. The molecule has 1 aliphatic heterocycles. The van der Waals surface area contributed by atoms with E-state index in [9.17, 15) is 13.2 Å². The first kappa shape index (κ1) is 16.3. The molecule has 0 spiro atoms. The molecule has 1 fully saturated rings. The quantitative estimate of drug-likeness (QED) is 0.577. The maximum absolute atomic E-state index is 14.6. The molecule has 0 saturated carbocycles. The lowest BCUT2D eigenvalue weighted by molar-refractivity contribution is 0.454. The fourth-order valence-corrected chi connectivity index (χ4v) is 3.59. The highest BCUT2D eigenvalue weighted by atomic mass is 19.1. The topological polar surface area (TPSA) is 55.4 Å². The Morgan fingerprint density at radius 3 is 2.63 bits per heavy atom. The molecule has 4 aromatic rings. The number of benzene rings is 1. The van der Waals surface area contributed by atoms with Crippen molar-refractivity contribution in [2.24, 2.45) is 0 Å². The van der Waals surface area contributed by atoms with Crippen LogP contribution in [0.4, 0.5) is 13.2 Å². The lowest BCUT2D eigenvalue weighted by Crippen LogP contribution is -2.26. The normalized spacial score (nSPS) is 15.8. The second kappa shape index (κ2) is 6.09. The third kappa shape index (κ3) is 2.76. The van der Waals surface area contributed by atoms with Crippen molar-refractivity contribution in [3.05, 3.63) is 53.7 Å². The zero-order chi connectivity index (χ0) is 18.5. The Labute approximate surface area is 151 Å². The number of hydrogen-bond donors (Lipinski definition) is 1. The monoisotopic (exact) mass is 372 g/mol. The first-order valence-corrected chi connectivity index (χ1v) is 8.73. The number of aromatic nitrogens is 3. The molecule has 27 heavy (non-hydrogen) atoms. The van der Waals surface area contributed by atoms with E-state index in [1.165, 1.54) is 6.07 Å². The standard InChI is InChI=1S/C19H15F3N4O/c20-12-6-13(21)17-16(7-12)27-19(25-17)11-5-14(22)18-24-15(9-26(18)8-11)10-1-3-23-4-2-10/h5-10,23H,1-4H2. The number of rotatable bonds is 2. The molecule has 138 valence electrons. The molecule has 5 nitrogen and oxygen atoms in total. The average Bonchev–Trinajstić information content (AvgIpc) is 3.27. The second-order valence-electron chi connectivity index (χ2n) is 6.75. The molecule has 4 heterocycles. The van der Waals surface area contributed by atoms with Gasteiger partial charge in [-0.15, -0.1) is 0 Å². The van der Waals surface area contributed by atoms with Crippen LogP contribution >= 0.6 is 0 Å². The van der Waals surface area contributed by atoms with Gasteiger partial charge in [0.05, 0.1) is 11.3 Å². The summed E-state index contributed by atoms with van der Waals surface area (Å²) in [6, 6.07) is 3.03. The minimum atomic E-state index is -0.822. The number of pyridine rings is 1. The van der Waals surface area contributed by atoms with Gasteiger partial charge in [0, 0.05) is 30.4 Å². The molecule has 1 N–H and O–H groups in total. The Hall–Kier alpha value is -2.87. The van der Waals surface area contributed by atoms with Crippen molar-refractivity contribution in [3.8, 4) is 11.5 Å². The molecule has 5 rings (SSSR count). The Kier molecular flexibility index (Phi) is 3.68. The number of hydrogen-bond acceptors (Lipinski definition) is 4. The number of piperidine rings is 1. The van der Waals surface area contributed by atoms with Crippen LogP contribution in [-0.2, 0) is 0 Å². The Balaban J connectivity index is 1.60. The Morgan fingerprint density at radius 1 is 1.00 bits per heavy atom. The summed E-state index contributed by atoms with van der Waals surface area (Å²) in [7, 11) is 0. The van der Waals surface area contributed by atoms with E-state index in [-0.39, 0.29) is 28.6 Å². The highest BCUT2D eigenvalue weighted by Crippen LogP contribution is 2.30. The van der Waals surface area contributed by atoms with E-state index < -0.39 is 17.5 Å². The van der Waals surface area contributed by atoms with E-state index in [1.807, 2.05) is 0 Å². The molecule has 0 bridgehead atoms. The van der Waals surface area contributed by atoms with Gasteiger partial charge in [0.25, 0.3) is 0 Å². The van der Waals surface area contributed by atoms with E-state index in [4.69, 9.17) is 4.42 Å². The zero-order valence-corrected chi connectivity index (χ0v) is 14.2. The van der Waals surface area contributed by atoms with Gasteiger partial charge in [0.2, 0.25) is 5.89 Å². The van der Waals surface area contributed by atoms with Gasteiger partial charge in [0.1, 0.15) is 11.3 Å². The number of nitrogens with zero attached hydrogens (tertiary/aromatic N) is 3. The first-order chi connectivity index (χ1) is 13.1. The van der Waals surface area contributed by atoms with Crippen molar-refractivity contribution in [2.45, 2.75) is 18.8 Å². The molecule has 3 aromatic heterocycles. The minimum Gasteiger partial charge on any atom is -0.436 e. The number of fused-ring (bicyclic) bond motifs is 2. The highest BCUT2D eigenvalue weighted by Gasteiger charge is 2.21. The number of halogens is 3. The fourth-order valence-electron chi connectivity index (χ4n) is 3.59. The minimum absolute atomic E-state index is 0.0208. The number of nitrogens with one attached hydrogen (secondary N) is 1. The van der Waals surface area contributed by atoms with Gasteiger partial charge in [0.15, 0.2) is 22.9 Å². The van der Waals surface area contributed by atoms with Gasteiger partial charge in [-0.25, -0.2) is 23.1 Å². The van der Waals surface area contributed by atoms with Gasteiger partial charge >= 0.3 is 0 Å². The van der Waals surface area contributed by atoms with Crippen molar-refractivity contribution >= 4 is 16.7 Å². The van der Waals surface area contributed by atoms with Crippen LogP contribution in [0, 0.1) is 17.5 Å². The van der Waals surface area contributed by atoms with Crippen LogP contribution in [0.15, 0.2) is 35.0 Å². The molecule has 1 aromatic carbocycles. The van der Waals surface area contributed by atoms with E-state index in [0.29, 0.717) is 5.56 Å². The van der Waals surface area contributed by atoms with Crippen LogP contribution in [0.25, 0.3) is 28.2 Å². The molecule has 8 heteroatoms. The molecule has 0 amide bonds. The summed E-state index contributed by atoms with van der Waals surface area (Å²) in [5, 5.41) is 3.29. The molecule has 0 radical (unpaired) electrons. The summed E-state index contributed by atoms with van der Waals surface area (Å²) < 4.78 is 48.9. The van der Waals surface area contributed by atoms with Crippen LogP contribution in [0.3, 0.4) is 0 Å². The van der Waals surface area contributed by atoms with Crippen molar-refractivity contribution in [1.82, 2.24) is 19.7 Å². The largest absolute Gasteiger partial charge is 0.436 e. The van der Waals surface area contributed by atoms with Crippen molar-refractivity contribution in [3.63, 3.8) is 0 Å². The van der Waals surface area contributed by atoms with Crippen LogP contribution in [0.5, 0.6) is 0 Å². The summed E-state index contributed by atoms with van der Waals surface area (Å²) in [6.07, 6.45) is 5.35. The SMILES string of the molecule is Fc1cc(F)c2nc(-c3cc(F)c4nc(C5CCNCC5)cn4c3)oc2c1. The lowest BCUT2D eigenvalue weighted by atomic mass is 9.95. The summed E-state index contributed by atoms with van der Waals surface area (Å²) in [6.45, 7) is 1.83. The summed E-state index contributed by atoms with van der Waals surface area (Å²) in [5.41, 5.74) is 1.28. The maximum Gasteiger partial charge on any atom is 0.229 e. The van der Waals surface area contributed by atoms with Crippen LogP contribution in [-0.4, -0.2) is 27.5 Å². The Bertz CT molecular complexity index is 1160.